The highest BCUT2D eigenvalue weighted by atomic mass is 127. The van der Waals surface area contributed by atoms with Crippen LogP contribution in [0.5, 0.6) is 0 Å². The van der Waals surface area contributed by atoms with Crippen LogP contribution in [0.2, 0.25) is 5.02 Å². The fourth-order valence-electron chi connectivity index (χ4n) is 2.54. The van der Waals surface area contributed by atoms with Crippen molar-refractivity contribution in [2.24, 2.45) is 0 Å². The van der Waals surface area contributed by atoms with E-state index in [9.17, 15) is 0 Å². The quantitative estimate of drug-likeness (QED) is 0.388. The highest BCUT2D eigenvalue weighted by Crippen LogP contribution is 2.33. The van der Waals surface area contributed by atoms with Crippen LogP contribution in [0, 0.1) is 0 Å². The highest BCUT2D eigenvalue weighted by Gasteiger charge is 2.30. The second-order valence-electron chi connectivity index (χ2n) is 5.11. The lowest BCUT2D eigenvalue weighted by Crippen LogP contribution is -2.33. The third kappa shape index (κ3) is 3.84. The molecule has 0 amide bonds. The molecular formula is C15H20ClIO. The summed E-state index contributed by atoms with van der Waals surface area (Å²) >= 11 is 8.65. The zero-order valence-electron chi connectivity index (χ0n) is 10.6. The summed E-state index contributed by atoms with van der Waals surface area (Å²) in [4.78, 5) is 0. The van der Waals surface area contributed by atoms with E-state index in [0.29, 0.717) is 6.61 Å². The molecule has 1 aliphatic rings. The monoisotopic (exact) mass is 378 g/mol. The van der Waals surface area contributed by atoms with E-state index in [1.54, 1.807) is 0 Å². The molecular weight excluding hydrogens is 359 g/mol. The molecule has 1 aromatic rings. The Kier molecular flexibility index (Phi) is 5.77. The number of halogens is 2. The minimum Gasteiger partial charge on any atom is -0.369 e. The zero-order valence-corrected chi connectivity index (χ0v) is 13.5. The van der Waals surface area contributed by atoms with Gasteiger partial charge in [-0.3, -0.25) is 0 Å². The SMILES string of the molecule is Clc1ccccc1COC1(CI)CCCCCC1. The van der Waals surface area contributed by atoms with Gasteiger partial charge in [0.2, 0.25) is 0 Å². The van der Waals surface area contributed by atoms with Crippen molar-refractivity contribution in [3.63, 3.8) is 0 Å². The maximum atomic E-state index is 6.27. The van der Waals surface area contributed by atoms with Gasteiger partial charge in [0.25, 0.3) is 0 Å². The number of rotatable bonds is 4. The zero-order chi connectivity index (χ0) is 12.8. The van der Waals surface area contributed by atoms with Crippen molar-refractivity contribution in [3.8, 4) is 0 Å². The lowest BCUT2D eigenvalue weighted by molar-refractivity contribution is -0.0472. The van der Waals surface area contributed by atoms with E-state index >= 15 is 0 Å². The molecule has 0 saturated heterocycles. The first-order valence-electron chi connectivity index (χ1n) is 6.69. The molecule has 0 N–H and O–H groups in total. The average molecular weight is 379 g/mol. The Morgan fingerprint density at radius 1 is 1.11 bits per heavy atom. The van der Waals surface area contributed by atoms with Crippen LogP contribution in [0.3, 0.4) is 0 Å². The molecule has 100 valence electrons. The summed E-state index contributed by atoms with van der Waals surface area (Å²) in [6, 6.07) is 7.98. The minimum atomic E-state index is 0.0796. The van der Waals surface area contributed by atoms with Crippen LogP contribution in [-0.4, -0.2) is 10.0 Å². The predicted molar refractivity (Wildman–Crippen MR) is 85.6 cm³/mol. The van der Waals surface area contributed by atoms with E-state index in [4.69, 9.17) is 16.3 Å². The van der Waals surface area contributed by atoms with Gasteiger partial charge in [-0.2, -0.15) is 0 Å². The summed E-state index contributed by atoms with van der Waals surface area (Å²) in [6.45, 7) is 0.642. The van der Waals surface area contributed by atoms with Crippen LogP contribution in [0.1, 0.15) is 44.1 Å². The Bertz CT molecular complexity index is 373. The number of hydrogen-bond acceptors (Lipinski definition) is 1. The molecule has 18 heavy (non-hydrogen) atoms. The number of alkyl halides is 1. The Morgan fingerprint density at radius 3 is 2.39 bits per heavy atom. The molecule has 1 nitrogen and oxygen atoms in total. The van der Waals surface area contributed by atoms with Crippen LogP contribution in [0.15, 0.2) is 24.3 Å². The van der Waals surface area contributed by atoms with Crippen molar-refractivity contribution in [3.05, 3.63) is 34.9 Å². The van der Waals surface area contributed by atoms with Crippen molar-refractivity contribution in [1.82, 2.24) is 0 Å². The lowest BCUT2D eigenvalue weighted by atomic mass is 9.96. The normalized spacial score (nSPS) is 19.4. The fourth-order valence-corrected chi connectivity index (χ4v) is 3.71. The molecule has 0 spiro atoms. The molecule has 1 aliphatic carbocycles. The van der Waals surface area contributed by atoms with Crippen molar-refractivity contribution in [2.75, 3.05) is 4.43 Å². The van der Waals surface area contributed by atoms with Gasteiger partial charge in [-0.15, -0.1) is 0 Å². The van der Waals surface area contributed by atoms with E-state index in [0.717, 1.165) is 15.0 Å². The van der Waals surface area contributed by atoms with Gasteiger partial charge in [0.05, 0.1) is 12.2 Å². The topological polar surface area (TPSA) is 9.23 Å². The van der Waals surface area contributed by atoms with Crippen LogP contribution in [-0.2, 0) is 11.3 Å². The fraction of sp³-hybridized carbons (Fsp3) is 0.600. The van der Waals surface area contributed by atoms with Gasteiger partial charge in [-0.05, 0) is 24.5 Å². The Labute approximate surface area is 128 Å². The molecule has 0 aromatic heterocycles. The molecule has 0 heterocycles. The number of benzene rings is 1. The third-order valence-electron chi connectivity index (χ3n) is 3.75. The molecule has 0 atom stereocenters. The van der Waals surface area contributed by atoms with Gasteiger partial charge in [-0.1, -0.05) is 78.1 Å². The van der Waals surface area contributed by atoms with Crippen molar-refractivity contribution >= 4 is 34.2 Å². The smallest absolute Gasteiger partial charge is 0.0776 e. The molecule has 0 aliphatic heterocycles. The van der Waals surface area contributed by atoms with Gasteiger partial charge in [0, 0.05) is 9.45 Å². The van der Waals surface area contributed by atoms with Crippen LogP contribution < -0.4 is 0 Å². The maximum absolute atomic E-state index is 6.27. The molecule has 1 aromatic carbocycles. The van der Waals surface area contributed by atoms with Crippen molar-refractivity contribution < 1.29 is 4.74 Å². The molecule has 0 radical (unpaired) electrons. The van der Waals surface area contributed by atoms with E-state index in [-0.39, 0.29) is 5.60 Å². The van der Waals surface area contributed by atoms with Gasteiger partial charge in [0.15, 0.2) is 0 Å². The second kappa shape index (κ2) is 7.11. The van der Waals surface area contributed by atoms with Crippen LogP contribution >= 0.6 is 34.2 Å². The molecule has 0 bridgehead atoms. The maximum Gasteiger partial charge on any atom is 0.0776 e. The minimum absolute atomic E-state index is 0.0796. The van der Waals surface area contributed by atoms with Crippen molar-refractivity contribution in [1.29, 1.82) is 0 Å². The first-order chi connectivity index (χ1) is 8.76. The first-order valence-corrected chi connectivity index (χ1v) is 8.59. The van der Waals surface area contributed by atoms with Crippen LogP contribution in [0.4, 0.5) is 0 Å². The predicted octanol–water partition coefficient (Wildman–Crippen LogP) is 5.38. The third-order valence-corrected chi connectivity index (χ3v) is 5.51. The lowest BCUT2D eigenvalue weighted by Gasteiger charge is -2.31. The standard InChI is InChI=1S/C15H20ClIO/c16-14-8-4-3-7-13(14)11-18-15(12-17)9-5-1-2-6-10-15/h3-4,7-8H,1-2,5-6,9-12H2. The summed E-state index contributed by atoms with van der Waals surface area (Å²) in [5, 5.41) is 0.815. The van der Waals surface area contributed by atoms with Gasteiger partial charge < -0.3 is 4.74 Å². The van der Waals surface area contributed by atoms with E-state index in [1.165, 1.54) is 38.5 Å². The average Bonchev–Trinajstić information content (AvgIpc) is 2.64. The Morgan fingerprint density at radius 2 is 1.78 bits per heavy atom. The number of ether oxygens (including phenoxy) is 1. The summed E-state index contributed by atoms with van der Waals surface area (Å²) in [6.07, 6.45) is 7.69. The Hall–Kier alpha value is 0.200. The van der Waals surface area contributed by atoms with Gasteiger partial charge in [-0.25, -0.2) is 0 Å². The summed E-state index contributed by atoms with van der Waals surface area (Å²) in [5.74, 6) is 0. The molecule has 2 rings (SSSR count). The summed E-state index contributed by atoms with van der Waals surface area (Å²) in [5.41, 5.74) is 1.18. The van der Waals surface area contributed by atoms with E-state index in [1.807, 2.05) is 18.2 Å². The Balaban J connectivity index is 2.00. The first kappa shape index (κ1) is 14.6. The number of hydrogen-bond donors (Lipinski definition) is 0. The summed E-state index contributed by atoms with van der Waals surface area (Å²) in [7, 11) is 0. The summed E-state index contributed by atoms with van der Waals surface area (Å²) < 4.78 is 7.35. The van der Waals surface area contributed by atoms with Gasteiger partial charge >= 0.3 is 0 Å². The van der Waals surface area contributed by atoms with E-state index in [2.05, 4.69) is 28.7 Å². The van der Waals surface area contributed by atoms with Gasteiger partial charge in [0.1, 0.15) is 0 Å². The van der Waals surface area contributed by atoms with Crippen LogP contribution in [0.25, 0.3) is 0 Å². The van der Waals surface area contributed by atoms with Crippen molar-refractivity contribution in [2.45, 2.75) is 50.7 Å². The molecule has 1 saturated carbocycles. The highest BCUT2D eigenvalue weighted by molar-refractivity contribution is 14.1. The van der Waals surface area contributed by atoms with E-state index < -0.39 is 0 Å². The largest absolute Gasteiger partial charge is 0.369 e. The second-order valence-corrected chi connectivity index (χ2v) is 6.28. The molecule has 3 heteroatoms. The molecule has 1 fully saturated rings. The molecule has 0 unspecified atom stereocenters.